The van der Waals surface area contributed by atoms with Crippen LogP contribution >= 0.6 is 0 Å². The molecule has 0 bridgehead atoms. The summed E-state index contributed by atoms with van der Waals surface area (Å²) in [5.74, 6) is -12.2. The monoisotopic (exact) mass is 629 g/mol. The number of nitrogens with one attached hydrogen (secondary N) is 1. The summed E-state index contributed by atoms with van der Waals surface area (Å²) in [7, 11) is -16.7. The van der Waals surface area contributed by atoms with Crippen LogP contribution in [0.2, 0.25) is 0 Å². The molecule has 0 aliphatic carbocycles. The van der Waals surface area contributed by atoms with Gasteiger partial charge in [0.1, 0.15) is 11.1 Å². The first-order chi connectivity index (χ1) is 15.8. The standard InChI is InChI=1S/C12HF18NO4S2/c13-3-1(7(16,17)18)4(14)6(5(15)2(3)8(19,20)21)36(32,33)31-37(34,35)9(10(22,23)24,11(25,26)27)12(28,29)30/h31H. The van der Waals surface area contributed by atoms with Crippen molar-refractivity contribution in [2.24, 2.45) is 0 Å². The van der Waals surface area contributed by atoms with Gasteiger partial charge in [-0.25, -0.2) is 30.0 Å². The average molecular weight is 629 g/mol. The second kappa shape index (κ2) is 8.67. The van der Waals surface area contributed by atoms with Crippen molar-refractivity contribution in [1.82, 2.24) is 4.13 Å². The fourth-order valence-electron chi connectivity index (χ4n) is 2.56. The van der Waals surface area contributed by atoms with Gasteiger partial charge in [0.25, 0.3) is 20.0 Å². The fraction of sp³-hybridized carbons (Fsp3) is 0.500. The molecule has 1 aromatic rings. The number of sulfonamides is 2. The van der Waals surface area contributed by atoms with E-state index in [1.54, 1.807) is 0 Å². The van der Waals surface area contributed by atoms with Crippen molar-refractivity contribution in [3.8, 4) is 0 Å². The van der Waals surface area contributed by atoms with Gasteiger partial charge in [-0.15, -0.1) is 4.13 Å². The van der Waals surface area contributed by atoms with Gasteiger partial charge in [0.15, 0.2) is 22.3 Å². The van der Waals surface area contributed by atoms with Crippen LogP contribution in [0.15, 0.2) is 4.90 Å². The van der Waals surface area contributed by atoms with Crippen molar-refractivity contribution in [3.63, 3.8) is 0 Å². The molecular formula is C12HF18NO4S2. The zero-order valence-electron chi connectivity index (χ0n) is 15.8. The third-order valence-electron chi connectivity index (χ3n) is 3.93. The fourth-order valence-corrected chi connectivity index (χ4v) is 6.14. The molecule has 0 saturated heterocycles. The smallest absolute Gasteiger partial charge is 0.210 e. The molecular weight excluding hydrogens is 628 g/mol. The SMILES string of the molecule is O=S(=O)(NS(=O)(=O)C(C(F)(F)F)(C(F)(F)F)C(F)(F)F)c1c(F)c(C(F)(F)F)c(F)c(C(F)(F)F)c1F. The average Bonchev–Trinajstić information content (AvgIpc) is 2.44. The molecule has 0 radical (unpaired) electrons. The minimum absolute atomic E-state index is 1.18. The van der Waals surface area contributed by atoms with Crippen LogP contribution in [0.3, 0.4) is 0 Å². The van der Waals surface area contributed by atoms with E-state index in [2.05, 4.69) is 0 Å². The third kappa shape index (κ3) is 5.12. The summed E-state index contributed by atoms with van der Waals surface area (Å²) in [5, 5.41) is 0. The van der Waals surface area contributed by atoms with Crippen LogP contribution in [-0.4, -0.2) is 40.1 Å². The number of alkyl halides is 15. The normalized spacial score (nSPS) is 15.3. The second-order valence-corrected chi connectivity index (χ2v) is 9.98. The Morgan fingerprint density at radius 2 is 0.757 bits per heavy atom. The zero-order valence-corrected chi connectivity index (χ0v) is 17.4. The molecule has 0 unspecified atom stereocenters. The molecule has 25 heteroatoms. The minimum atomic E-state index is -8.81. The molecule has 0 amide bonds. The van der Waals surface area contributed by atoms with E-state index in [4.69, 9.17) is 0 Å². The maximum atomic E-state index is 14.1. The molecule has 1 aromatic carbocycles. The van der Waals surface area contributed by atoms with Crippen molar-refractivity contribution in [3.05, 3.63) is 28.6 Å². The predicted octanol–water partition coefficient (Wildman–Crippen LogP) is 5.18. The first kappa shape index (κ1) is 32.8. The maximum Gasteiger partial charge on any atom is 0.427 e. The first-order valence-corrected chi connectivity index (χ1v) is 10.6. The molecule has 0 aliphatic heterocycles. The lowest BCUT2D eigenvalue weighted by molar-refractivity contribution is -0.347. The van der Waals surface area contributed by atoms with Gasteiger partial charge < -0.3 is 0 Å². The van der Waals surface area contributed by atoms with Crippen LogP contribution in [0.25, 0.3) is 0 Å². The maximum absolute atomic E-state index is 14.1. The Labute approximate surface area is 190 Å². The molecule has 216 valence electrons. The quantitative estimate of drug-likeness (QED) is 0.467. The van der Waals surface area contributed by atoms with Gasteiger partial charge in [-0.05, 0) is 0 Å². The number of halogens is 18. The van der Waals surface area contributed by atoms with Gasteiger partial charge in [0.05, 0.1) is 0 Å². The van der Waals surface area contributed by atoms with E-state index < -0.39 is 93.3 Å². The summed E-state index contributed by atoms with van der Waals surface area (Å²) in [6.07, 6.45) is -38.0. The van der Waals surface area contributed by atoms with Gasteiger partial charge in [0.2, 0.25) is 0 Å². The van der Waals surface area contributed by atoms with E-state index >= 15 is 0 Å². The molecule has 1 rings (SSSR count). The Balaban J connectivity index is 4.29. The molecule has 0 saturated carbocycles. The van der Waals surface area contributed by atoms with E-state index in [1.807, 2.05) is 0 Å². The summed E-state index contributed by atoms with van der Waals surface area (Å²) in [6.45, 7) is 0. The molecule has 0 aliphatic rings. The highest BCUT2D eigenvalue weighted by Gasteiger charge is 2.91. The van der Waals surface area contributed by atoms with E-state index in [9.17, 15) is 95.9 Å². The lowest BCUT2D eigenvalue weighted by Crippen LogP contribution is -2.73. The molecule has 0 fully saturated rings. The van der Waals surface area contributed by atoms with Crippen LogP contribution in [0.5, 0.6) is 0 Å². The van der Waals surface area contributed by atoms with Gasteiger partial charge in [-0.1, -0.05) is 0 Å². The Kier molecular flexibility index (Phi) is 7.70. The zero-order chi connectivity index (χ0) is 30.2. The molecule has 0 atom stereocenters. The summed E-state index contributed by atoms with van der Waals surface area (Å²) in [4.78, 5) is -4.04. The highest BCUT2D eigenvalue weighted by Crippen LogP contribution is 2.57. The van der Waals surface area contributed by atoms with Crippen LogP contribution in [0, 0.1) is 17.5 Å². The molecule has 0 heterocycles. The Morgan fingerprint density at radius 1 is 0.486 bits per heavy atom. The molecule has 0 aromatic heterocycles. The summed E-state index contributed by atoms with van der Waals surface area (Å²) in [5.41, 5.74) is -8.04. The van der Waals surface area contributed by atoms with Crippen molar-refractivity contribution in [2.45, 2.75) is 40.5 Å². The topological polar surface area (TPSA) is 80.3 Å². The molecule has 5 nitrogen and oxygen atoms in total. The van der Waals surface area contributed by atoms with E-state index in [-0.39, 0.29) is 0 Å². The van der Waals surface area contributed by atoms with Gasteiger partial charge in [-0.2, -0.15) is 65.9 Å². The Morgan fingerprint density at radius 3 is 0.973 bits per heavy atom. The third-order valence-corrected chi connectivity index (χ3v) is 8.08. The van der Waals surface area contributed by atoms with Crippen molar-refractivity contribution < 1.29 is 95.9 Å². The van der Waals surface area contributed by atoms with Crippen molar-refractivity contribution in [1.29, 1.82) is 0 Å². The van der Waals surface area contributed by atoms with Gasteiger partial charge in [-0.3, -0.25) is 0 Å². The minimum Gasteiger partial charge on any atom is -0.210 e. The van der Waals surface area contributed by atoms with Gasteiger partial charge in [0, 0.05) is 0 Å². The van der Waals surface area contributed by atoms with E-state index in [0.29, 0.717) is 0 Å². The van der Waals surface area contributed by atoms with Crippen LogP contribution < -0.4 is 4.13 Å². The summed E-state index contributed by atoms with van der Waals surface area (Å²) in [6, 6.07) is 0. The predicted molar refractivity (Wildman–Crippen MR) is 76.5 cm³/mol. The van der Waals surface area contributed by atoms with E-state index in [1.165, 1.54) is 0 Å². The molecule has 0 spiro atoms. The van der Waals surface area contributed by atoms with Crippen LogP contribution in [0.1, 0.15) is 11.1 Å². The first-order valence-electron chi connectivity index (χ1n) is 7.63. The highest BCUT2D eigenvalue weighted by molar-refractivity contribution is 8.05. The van der Waals surface area contributed by atoms with Crippen molar-refractivity contribution in [2.75, 3.05) is 0 Å². The number of benzene rings is 1. The lowest BCUT2D eigenvalue weighted by atomic mass is 10.1. The largest absolute Gasteiger partial charge is 0.427 e. The summed E-state index contributed by atoms with van der Waals surface area (Å²) < 4.78 is 273. The van der Waals surface area contributed by atoms with Crippen LogP contribution in [0.4, 0.5) is 79.0 Å². The van der Waals surface area contributed by atoms with Gasteiger partial charge >= 0.3 is 35.6 Å². The molecule has 37 heavy (non-hydrogen) atoms. The number of hydrogen-bond donors (Lipinski definition) is 1. The van der Waals surface area contributed by atoms with E-state index in [0.717, 1.165) is 0 Å². The van der Waals surface area contributed by atoms with Crippen LogP contribution in [-0.2, 0) is 32.4 Å². The Hall–Kier alpha value is -2.18. The second-order valence-electron chi connectivity index (χ2n) is 6.28. The Bertz CT molecular complexity index is 1200. The van der Waals surface area contributed by atoms with Crippen molar-refractivity contribution >= 4 is 20.0 Å². The highest BCUT2D eigenvalue weighted by atomic mass is 32.3. The number of hydrogen-bond acceptors (Lipinski definition) is 4. The lowest BCUT2D eigenvalue weighted by Gasteiger charge is -2.37. The molecule has 1 N–H and O–H groups in total. The summed E-state index contributed by atoms with van der Waals surface area (Å²) >= 11 is 0. The number of rotatable bonds is 4.